The van der Waals surface area contributed by atoms with E-state index in [2.05, 4.69) is 9.97 Å². The van der Waals surface area contributed by atoms with E-state index >= 15 is 0 Å². The smallest absolute Gasteiger partial charge is 0.304 e. The highest BCUT2D eigenvalue weighted by molar-refractivity contribution is 7.62. The van der Waals surface area contributed by atoms with Crippen LogP contribution < -0.4 is 5.44 Å². The first kappa shape index (κ1) is 14.6. The van der Waals surface area contributed by atoms with Crippen LogP contribution in [0, 0.1) is 6.92 Å². The van der Waals surface area contributed by atoms with E-state index in [1.165, 1.54) is 0 Å². The first-order valence-corrected chi connectivity index (χ1v) is 8.41. The van der Waals surface area contributed by atoms with Crippen molar-refractivity contribution in [1.82, 2.24) is 9.97 Å². The average molecular weight is 284 g/mol. The summed E-state index contributed by atoms with van der Waals surface area (Å²) in [5.41, 5.74) is 3.03. The Kier molecular flexibility index (Phi) is 4.71. The molecule has 0 aliphatic heterocycles. The minimum atomic E-state index is -3.33. The summed E-state index contributed by atoms with van der Waals surface area (Å²) in [6, 6.07) is 0. The Hall–Kier alpha value is -0.770. The molecule has 0 saturated carbocycles. The number of aromatic nitrogens is 2. The SMILES string of the molecule is CCOP(=O)(OCC)c1nc2c(nc1C)CCCC2. The van der Waals surface area contributed by atoms with Crippen molar-refractivity contribution in [2.45, 2.75) is 46.5 Å². The fourth-order valence-electron chi connectivity index (χ4n) is 2.33. The van der Waals surface area contributed by atoms with Crippen LogP contribution in [0.25, 0.3) is 0 Å². The summed E-state index contributed by atoms with van der Waals surface area (Å²) in [6.45, 7) is 6.08. The lowest BCUT2D eigenvalue weighted by atomic mass is 10.0. The van der Waals surface area contributed by atoms with Gasteiger partial charge in [0.15, 0.2) is 5.44 Å². The highest BCUT2D eigenvalue weighted by atomic mass is 31.2. The maximum absolute atomic E-state index is 12.8. The summed E-state index contributed by atoms with van der Waals surface area (Å²) in [5.74, 6) is 0. The minimum absolute atomic E-state index is 0.329. The van der Waals surface area contributed by atoms with Crippen molar-refractivity contribution in [3.63, 3.8) is 0 Å². The second-order valence-corrected chi connectivity index (χ2v) is 6.50. The monoisotopic (exact) mass is 284 g/mol. The summed E-state index contributed by atoms with van der Waals surface area (Å²) in [6.07, 6.45) is 4.11. The third kappa shape index (κ3) is 3.04. The van der Waals surface area contributed by atoms with Gasteiger partial charge in [-0.25, -0.2) is 4.98 Å². The molecule has 1 aliphatic carbocycles. The molecule has 0 unspecified atom stereocenters. The largest absolute Gasteiger partial charge is 0.381 e. The zero-order valence-electron chi connectivity index (χ0n) is 11.8. The molecule has 1 aliphatic rings. The maximum atomic E-state index is 12.8. The van der Waals surface area contributed by atoms with E-state index in [0.717, 1.165) is 37.1 Å². The standard InChI is InChI=1S/C13H21N2O3P/c1-4-17-19(16,18-5-2)13-10(3)14-11-8-6-7-9-12(11)15-13/h4-9H2,1-3H3. The van der Waals surface area contributed by atoms with E-state index in [-0.39, 0.29) is 0 Å². The second-order valence-electron chi connectivity index (χ2n) is 4.57. The molecule has 0 N–H and O–H groups in total. The number of nitrogens with zero attached hydrogens (tertiary/aromatic N) is 2. The molecule has 0 bridgehead atoms. The number of hydrogen-bond acceptors (Lipinski definition) is 5. The van der Waals surface area contributed by atoms with Crippen molar-refractivity contribution < 1.29 is 13.6 Å². The fraction of sp³-hybridized carbons (Fsp3) is 0.692. The van der Waals surface area contributed by atoms with Crippen LogP contribution in [0.1, 0.15) is 43.8 Å². The van der Waals surface area contributed by atoms with Crippen molar-refractivity contribution in [3.8, 4) is 0 Å². The van der Waals surface area contributed by atoms with Crippen LogP contribution in [0.2, 0.25) is 0 Å². The van der Waals surface area contributed by atoms with Crippen LogP contribution in [0.3, 0.4) is 0 Å². The Morgan fingerprint density at radius 3 is 2.11 bits per heavy atom. The zero-order valence-corrected chi connectivity index (χ0v) is 12.7. The molecule has 0 aromatic carbocycles. The number of fused-ring (bicyclic) bond motifs is 1. The maximum Gasteiger partial charge on any atom is 0.381 e. The Bertz CT molecular complexity index is 495. The third-order valence-corrected chi connectivity index (χ3v) is 5.27. The highest BCUT2D eigenvalue weighted by Crippen LogP contribution is 2.47. The number of rotatable bonds is 5. The number of hydrogen-bond donors (Lipinski definition) is 0. The van der Waals surface area contributed by atoms with Gasteiger partial charge in [0, 0.05) is 0 Å². The minimum Gasteiger partial charge on any atom is -0.304 e. The molecular weight excluding hydrogens is 263 g/mol. The molecule has 6 heteroatoms. The van der Waals surface area contributed by atoms with Crippen LogP contribution in [0.5, 0.6) is 0 Å². The van der Waals surface area contributed by atoms with Gasteiger partial charge in [-0.2, -0.15) is 0 Å². The van der Waals surface area contributed by atoms with Crippen molar-refractivity contribution >= 4 is 13.0 Å². The fourth-order valence-corrected chi connectivity index (χ4v) is 4.02. The van der Waals surface area contributed by atoms with Gasteiger partial charge in [0.05, 0.1) is 30.3 Å². The van der Waals surface area contributed by atoms with Crippen molar-refractivity contribution in [2.75, 3.05) is 13.2 Å². The number of aryl methyl sites for hydroxylation is 3. The van der Waals surface area contributed by atoms with E-state index in [0.29, 0.717) is 24.3 Å². The van der Waals surface area contributed by atoms with Gasteiger partial charge in [-0.3, -0.25) is 9.55 Å². The molecule has 1 heterocycles. The van der Waals surface area contributed by atoms with Gasteiger partial charge in [0.25, 0.3) is 0 Å². The normalized spacial score (nSPS) is 15.3. The van der Waals surface area contributed by atoms with Crippen LogP contribution in [-0.4, -0.2) is 23.2 Å². The van der Waals surface area contributed by atoms with Gasteiger partial charge in [-0.05, 0) is 46.5 Å². The van der Waals surface area contributed by atoms with Crippen LogP contribution in [0.4, 0.5) is 0 Å². The first-order valence-electron chi connectivity index (χ1n) is 6.86. The van der Waals surface area contributed by atoms with E-state index in [1.54, 1.807) is 13.8 Å². The summed E-state index contributed by atoms with van der Waals surface area (Å²) in [7, 11) is -3.33. The molecule has 19 heavy (non-hydrogen) atoms. The van der Waals surface area contributed by atoms with Crippen molar-refractivity contribution in [2.24, 2.45) is 0 Å². The van der Waals surface area contributed by atoms with E-state index in [4.69, 9.17) is 9.05 Å². The lowest BCUT2D eigenvalue weighted by Gasteiger charge is -2.21. The third-order valence-electron chi connectivity index (χ3n) is 3.13. The van der Waals surface area contributed by atoms with E-state index in [9.17, 15) is 4.57 Å². The molecule has 0 radical (unpaired) electrons. The molecule has 0 amide bonds. The molecule has 1 aromatic heterocycles. The van der Waals surface area contributed by atoms with Gasteiger partial charge in [-0.1, -0.05) is 0 Å². The predicted molar refractivity (Wildman–Crippen MR) is 73.9 cm³/mol. The van der Waals surface area contributed by atoms with Gasteiger partial charge >= 0.3 is 7.60 Å². The molecule has 0 spiro atoms. The quantitative estimate of drug-likeness (QED) is 0.778. The molecule has 106 valence electrons. The molecule has 1 aromatic rings. The van der Waals surface area contributed by atoms with Crippen molar-refractivity contribution in [3.05, 3.63) is 17.1 Å². The lowest BCUT2D eigenvalue weighted by Crippen LogP contribution is -2.24. The van der Waals surface area contributed by atoms with Crippen LogP contribution in [-0.2, 0) is 26.5 Å². The Morgan fingerprint density at radius 2 is 1.58 bits per heavy atom. The van der Waals surface area contributed by atoms with E-state index in [1.807, 2.05) is 6.92 Å². The molecule has 2 rings (SSSR count). The van der Waals surface area contributed by atoms with Crippen LogP contribution in [0.15, 0.2) is 0 Å². The topological polar surface area (TPSA) is 61.3 Å². The van der Waals surface area contributed by atoms with Crippen molar-refractivity contribution in [1.29, 1.82) is 0 Å². The van der Waals surface area contributed by atoms with Gasteiger partial charge in [0.1, 0.15) is 0 Å². The Morgan fingerprint density at radius 1 is 1.05 bits per heavy atom. The molecule has 5 nitrogen and oxygen atoms in total. The second kappa shape index (κ2) is 6.12. The summed E-state index contributed by atoms with van der Waals surface area (Å²) >= 11 is 0. The molecule has 0 atom stereocenters. The summed E-state index contributed by atoms with van der Waals surface area (Å²) in [4.78, 5) is 9.10. The predicted octanol–water partition coefficient (Wildman–Crippen LogP) is 2.56. The Labute approximate surface area is 114 Å². The van der Waals surface area contributed by atoms with Crippen LogP contribution >= 0.6 is 7.60 Å². The first-order chi connectivity index (χ1) is 9.10. The molecule has 0 saturated heterocycles. The molecular formula is C13H21N2O3P. The lowest BCUT2D eigenvalue weighted by molar-refractivity contribution is 0.229. The van der Waals surface area contributed by atoms with Gasteiger partial charge in [0.2, 0.25) is 0 Å². The molecule has 0 fully saturated rings. The Balaban J connectivity index is 2.45. The van der Waals surface area contributed by atoms with E-state index < -0.39 is 7.60 Å². The zero-order chi connectivity index (χ0) is 13.9. The van der Waals surface area contributed by atoms with Gasteiger partial charge < -0.3 is 9.05 Å². The summed E-state index contributed by atoms with van der Waals surface area (Å²) in [5, 5.41) is 0. The highest BCUT2D eigenvalue weighted by Gasteiger charge is 2.32. The average Bonchev–Trinajstić information content (AvgIpc) is 2.38. The van der Waals surface area contributed by atoms with Gasteiger partial charge in [-0.15, -0.1) is 0 Å². The summed E-state index contributed by atoms with van der Waals surface area (Å²) < 4.78 is 23.5.